The summed E-state index contributed by atoms with van der Waals surface area (Å²) >= 11 is 0. The number of carboxylic acid groups (broad SMARTS) is 1. The second-order valence-corrected chi connectivity index (χ2v) is 40.5. The van der Waals surface area contributed by atoms with Crippen LogP contribution in [0.4, 0.5) is 0 Å². The number of carbonyl (C=O) groups is 17. The fourth-order valence-corrected chi connectivity index (χ4v) is 15.6. The van der Waals surface area contributed by atoms with Gasteiger partial charge in [-0.2, -0.15) is 0 Å². The van der Waals surface area contributed by atoms with Gasteiger partial charge in [0.05, 0.1) is 18.1 Å². The van der Waals surface area contributed by atoms with Crippen molar-refractivity contribution in [3.05, 3.63) is 18.2 Å². The van der Waals surface area contributed by atoms with Crippen LogP contribution in [-0.2, 0) is 87.9 Å². The Labute approximate surface area is 874 Å². The normalized spacial score (nSPS) is 14.7. The van der Waals surface area contributed by atoms with Gasteiger partial charge < -0.3 is 168 Å². The van der Waals surface area contributed by atoms with Crippen LogP contribution < -0.4 is 158 Å². The molecule has 0 unspecified atom stereocenters. The number of carbonyl (C=O) groups excluding carboxylic acids is 16. The van der Waals surface area contributed by atoms with E-state index in [1.54, 1.807) is 83.1 Å². The van der Waals surface area contributed by atoms with Gasteiger partial charge in [-0.15, -0.1) is 0 Å². The van der Waals surface area contributed by atoms with Crippen molar-refractivity contribution in [2.75, 3.05) is 45.8 Å². The fourth-order valence-electron chi connectivity index (χ4n) is 15.6. The van der Waals surface area contributed by atoms with Gasteiger partial charge in [-0.1, -0.05) is 96.9 Å². The molecular weight excluding hydrogens is 1930 g/mol. The van der Waals surface area contributed by atoms with Crippen molar-refractivity contribution >= 4 is 130 Å². The lowest BCUT2D eigenvalue weighted by atomic mass is 9.99. The monoisotopic (exact) mass is 2110 g/mol. The van der Waals surface area contributed by atoms with Crippen LogP contribution in [-0.4, -0.2) is 294 Å². The molecule has 54 nitrogen and oxygen atoms in total. The van der Waals surface area contributed by atoms with E-state index in [4.69, 9.17) is 72.9 Å². The van der Waals surface area contributed by atoms with Gasteiger partial charge in [-0.05, 0) is 210 Å². The van der Waals surface area contributed by atoms with Gasteiger partial charge in [-0.3, -0.25) is 104 Å². The Morgan fingerprint density at radius 3 is 0.765 bits per heavy atom. The highest BCUT2D eigenvalue weighted by molar-refractivity contribution is 6.01. The van der Waals surface area contributed by atoms with E-state index in [1.807, 2.05) is 13.8 Å². The molecule has 0 radical (unpaired) electrons. The Morgan fingerprint density at radius 2 is 0.503 bits per heavy atom. The minimum Gasteiger partial charge on any atom is -0.480 e. The second kappa shape index (κ2) is 71.9. The van der Waals surface area contributed by atoms with Crippen LogP contribution in [0.1, 0.15) is 258 Å². The Kier molecular flexibility index (Phi) is 64.4. The van der Waals surface area contributed by atoms with Crippen LogP contribution in [0.15, 0.2) is 12.5 Å². The zero-order valence-corrected chi connectivity index (χ0v) is 89.7. The number of nitrogens with one attached hydrogen (secondary N) is 27. The van der Waals surface area contributed by atoms with Crippen LogP contribution in [0, 0.1) is 68.5 Å². The lowest BCUT2D eigenvalue weighted by Gasteiger charge is -2.29. The number of imidazole rings is 1. The predicted molar refractivity (Wildman–Crippen MR) is 563 cm³/mol. The number of carboxylic acids is 1. The number of amides is 16. The van der Waals surface area contributed by atoms with Gasteiger partial charge in [0.25, 0.3) is 0 Å². The summed E-state index contributed by atoms with van der Waals surface area (Å²) in [5, 5.41) is 105. The third kappa shape index (κ3) is 57.5. The summed E-state index contributed by atoms with van der Waals surface area (Å²) in [6, 6.07) is -23.5. The number of aromatic nitrogens is 2. The summed E-state index contributed by atoms with van der Waals surface area (Å²) in [7, 11) is 0. The van der Waals surface area contributed by atoms with E-state index < -0.39 is 221 Å². The van der Waals surface area contributed by atoms with Crippen LogP contribution in [0.25, 0.3) is 0 Å². The Morgan fingerprint density at radius 1 is 0.282 bits per heavy atom. The second-order valence-electron chi connectivity index (χ2n) is 40.5. The highest BCUT2D eigenvalue weighted by Gasteiger charge is 2.41. The van der Waals surface area contributed by atoms with E-state index in [2.05, 4.69) is 122 Å². The van der Waals surface area contributed by atoms with Crippen molar-refractivity contribution in [3.8, 4) is 0 Å². The lowest BCUT2D eigenvalue weighted by molar-refractivity contribution is -0.143. The smallest absolute Gasteiger partial charge is 0.326 e. The SMILES string of the molecule is CC(C)C[C@H](NC(=O)[C@H](CC(C)C)NC(=O)[C@H](CCCNC(=N)N)NC(=O)[C@H](CCCCN)NC(=O)[C@H](CCCNC(=N)N)NC(=O)[C@H](CC(C)C)NC(=O)[C@H](CCCCN)NC(=O)[C@H](CCCNC(=N)N)NC(=O)[C@H](CC(C)C)NC(=O)[C@H](Cc1c[nH]cn1)NC(=O)[C@H](C)NC(=O)[C@H](C)NC(=O)[C@H](CC(C)C)NC(=O)[C@H](CCCNC(=N)N)NC(=O)[C@@H](NC(=O)[C@H](CCCNC(=N)N)NC(=O)[C@@H](N)CC(C)C)C(C)C)C(=O)O. The van der Waals surface area contributed by atoms with E-state index in [-0.39, 0.29) is 233 Å². The maximum atomic E-state index is 15.1. The van der Waals surface area contributed by atoms with E-state index in [9.17, 15) is 72.2 Å². The zero-order chi connectivity index (χ0) is 113. The van der Waals surface area contributed by atoms with E-state index in [0.29, 0.717) is 19.3 Å². The van der Waals surface area contributed by atoms with Gasteiger partial charge in [0.1, 0.15) is 96.7 Å². The molecule has 846 valence electrons. The van der Waals surface area contributed by atoms with E-state index >= 15 is 14.4 Å². The molecule has 1 aromatic rings. The van der Waals surface area contributed by atoms with E-state index in [0.717, 1.165) is 0 Å². The molecule has 1 heterocycles. The van der Waals surface area contributed by atoms with Gasteiger partial charge in [0, 0.05) is 45.3 Å². The summed E-state index contributed by atoms with van der Waals surface area (Å²) in [6.07, 6.45) is 3.79. The molecule has 16 amide bonds. The van der Waals surface area contributed by atoms with Crippen LogP contribution >= 0.6 is 0 Å². The molecule has 54 heteroatoms. The molecule has 0 aliphatic rings. The molecular formula is C95H178N36O18. The molecule has 0 aromatic carbocycles. The summed E-state index contributed by atoms with van der Waals surface area (Å²) in [6.45, 7) is 27.9. The lowest BCUT2D eigenvalue weighted by Crippen LogP contribution is -2.61. The molecule has 0 saturated carbocycles. The molecule has 0 spiro atoms. The van der Waals surface area contributed by atoms with Crippen LogP contribution in [0.2, 0.25) is 0 Å². The van der Waals surface area contributed by atoms with Crippen molar-refractivity contribution < 1.29 is 86.6 Å². The average Bonchev–Trinajstić information content (AvgIpc) is 1.23. The van der Waals surface area contributed by atoms with Gasteiger partial charge in [0.2, 0.25) is 94.5 Å². The number of nitrogens with zero attached hydrogens (tertiary/aromatic N) is 1. The minimum atomic E-state index is -1.55. The first-order valence-corrected chi connectivity index (χ1v) is 51.5. The predicted octanol–water partition coefficient (Wildman–Crippen LogP) is -5.33. The van der Waals surface area contributed by atoms with Gasteiger partial charge in [-0.25, -0.2) is 9.78 Å². The first-order chi connectivity index (χ1) is 69.9. The maximum absolute atomic E-state index is 15.1. The van der Waals surface area contributed by atoms with Gasteiger partial charge >= 0.3 is 5.97 Å². The van der Waals surface area contributed by atoms with Crippen molar-refractivity contribution in [1.29, 1.82) is 27.0 Å². The maximum Gasteiger partial charge on any atom is 0.326 e. The standard InChI is InChI=1S/C95H178N36O18/c1-49(2)40-59(98)76(134)118-66(32-25-39-114-95(107)108)83(141)131-73(55(13)14)89(147)124-65(31-24-38-113-94(105)106)82(140)126-67(41-50(3)4)84(142)117-56(15)74(132)116-57(16)75(133)125-71(46-58-47-109-48-115-58)88(146)129-69(43-52(7)8)86(144)123-63(29-22-36-111-92(101)102)79(137)120-61(27-18-20-34-97)80(138)127-68(42-51(5)6)85(143)122-62(28-21-35-110-91(99)100)78(136)119-60(26-17-19-33-96)77(135)121-64(30-23-37-112-93(103)104)81(139)128-70(44-53(9)10)87(145)130-72(90(148)149)45-54(11)12/h47-57,59-73H,17-46,96-98H2,1-16H3,(H,109,115)(H,116,132)(H,117,142)(H,118,134)(H,119,136)(H,120,137)(H,121,135)(H,122,143)(H,123,144)(H,124,147)(H,125,133)(H,126,140)(H,127,138)(H,128,139)(H,129,146)(H,130,145)(H,131,141)(H,148,149)(H4,99,100,110)(H4,101,102,111)(H4,103,104,112)(H4,105,106,113)(H4,107,108,114)/t56-,57-,59-,60-,61-,62-,63-,64-,65-,66-,67-,68-,69-,70-,71-,72-,73-/m0/s1. The number of nitrogens with two attached hydrogens (primary N) is 8. The summed E-state index contributed by atoms with van der Waals surface area (Å²) in [5.41, 5.74) is 46.1. The third-order valence-corrected chi connectivity index (χ3v) is 23.3. The minimum absolute atomic E-state index is 0.000988. The number of hydrogen-bond acceptors (Lipinski definition) is 26. The number of aliphatic carboxylic acids is 1. The summed E-state index contributed by atoms with van der Waals surface area (Å²) in [4.78, 5) is 251. The Balaban J connectivity index is 3.86. The Bertz CT molecular complexity index is 4450. The fraction of sp³-hybridized carbons (Fsp3) is 0.737. The average molecular weight is 2110 g/mol. The zero-order valence-electron chi connectivity index (χ0n) is 89.7. The highest BCUT2D eigenvalue weighted by atomic mass is 16.4. The number of unbranched alkanes of at least 4 members (excludes halogenated alkanes) is 2. The first kappa shape index (κ1) is 133. The summed E-state index contributed by atoms with van der Waals surface area (Å²) < 4.78 is 0. The number of hydrogen-bond donors (Lipinski definition) is 36. The van der Waals surface area contributed by atoms with Crippen LogP contribution in [0.5, 0.6) is 0 Å². The molecule has 0 aliphatic carbocycles. The number of guanidine groups is 5. The molecule has 44 N–H and O–H groups in total. The highest BCUT2D eigenvalue weighted by Crippen LogP contribution is 2.19. The topological polar surface area (TPSA) is 919 Å². The number of H-pyrrole nitrogens is 1. The van der Waals surface area contributed by atoms with E-state index in [1.165, 1.54) is 26.4 Å². The molecule has 0 fully saturated rings. The molecule has 1 aromatic heterocycles. The molecule has 1 rings (SSSR count). The number of rotatable bonds is 76. The molecule has 17 atom stereocenters. The quantitative estimate of drug-likeness (QED) is 0.0164. The van der Waals surface area contributed by atoms with Crippen molar-refractivity contribution in [2.24, 2.45) is 87.3 Å². The third-order valence-electron chi connectivity index (χ3n) is 23.3. The summed E-state index contributed by atoms with van der Waals surface area (Å²) in [5.74, 6) is -18.9. The van der Waals surface area contributed by atoms with Crippen molar-refractivity contribution in [2.45, 2.75) is 361 Å². The van der Waals surface area contributed by atoms with Crippen molar-refractivity contribution in [1.82, 2.24) is 122 Å². The van der Waals surface area contributed by atoms with Gasteiger partial charge in [0.15, 0.2) is 29.8 Å². The first-order valence-electron chi connectivity index (χ1n) is 51.5. The van der Waals surface area contributed by atoms with Crippen molar-refractivity contribution in [3.63, 3.8) is 0 Å². The largest absolute Gasteiger partial charge is 0.480 e. The Hall–Kier alpha value is -13.6. The molecule has 149 heavy (non-hydrogen) atoms. The molecule has 0 bridgehead atoms. The molecule has 0 aliphatic heterocycles. The van der Waals surface area contributed by atoms with Crippen LogP contribution in [0.3, 0.4) is 0 Å². The molecule has 0 saturated heterocycles. The number of aromatic amines is 1.